The molecule has 0 bridgehead atoms. The van der Waals surface area contributed by atoms with Crippen molar-refractivity contribution in [1.82, 2.24) is 9.78 Å². The van der Waals surface area contributed by atoms with Gasteiger partial charge in [0.05, 0.1) is 28.6 Å². The van der Waals surface area contributed by atoms with Crippen LogP contribution in [0.4, 0.5) is 0 Å². The van der Waals surface area contributed by atoms with E-state index < -0.39 is 0 Å². The molecule has 1 heterocycles. The average Bonchev–Trinajstić information content (AvgIpc) is 2.60. The van der Waals surface area contributed by atoms with Crippen LogP contribution in [0.15, 0.2) is 30.5 Å². The van der Waals surface area contributed by atoms with Crippen LogP contribution < -0.4 is 0 Å². The molecule has 0 aliphatic carbocycles. The third-order valence-electron chi connectivity index (χ3n) is 2.20. The first-order valence-electron chi connectivity index (χ1n) is 4.80. The van der Waals surface area contributed by atoms with Crippen LogP contribution in [-0.4, -0.2) is 21.5 Å². The Hall–Kier alpha value is -0.590. The van der Waals surface area contributed by atoms with Crippen molar-refractivity contribution in [2.24, 2.45) is 0 Å². The van der Waals surface area contributed by atoms with E-state index in [1.54, 1.807) is 10.9 Å². The maximum absolute atomic E-state index is 8.97. The molecule has 16 heavy (non-hydrogen) atoms. The number of halogens is 2. The molecule has 2 rings (SSSR count). The quantitative estimate of drug-likeness (QED) is 0.866. The maximum Gasteiger partial charge on any atom is 0.0817 e. The molecule has 2 aromatic rings. The molecule has 1 aromatic carbocycles. The van der Waals surface area contributed by atoms with E-state index in [1.807, 2.05) is 24.3 Å². The van der Waals surface area contributed by atoms with Crippen LogP contribution in [0.3, 0.4) is 0 Å². The Balaban J connectivity index is 2.50. The molecular weight excluding hydrogens is 338 g/mol. The molecule has 0 aliphatic rings. The van der Waals surface area contributed by atoms with Gasteiger partial charge in [-0.3, -0.25) is 4.68 Å². The van der Waals surface area contributed by atoms with E-state index in [4.69, 9.17) is 16.7 Å². The van der Waals surface area contributed by atoms with Gasteiger partial charge in [0.1, 0.15) is 0 Å². The van der Waals surface area contributed by atoms with Crippen molar-refractivity contribution in [2.75, 3.05) is 6.61 Å². The zero-order valence-electron chi connectivity index (χ0n) is 8.40. The van der Waals surface area contributed by atoms with Crippen molar-refractivity contribution in [3.63, 3.8) is 0 Å². The van der Waals surface area contributed by atoms with E-state index in [0.717, 1.165) is 14.8 Å². The topological polar surface area (TPSA) is 38.0 Å². The number of aromatic nitrogens is 2. The Labute approximate surface area is 112 Å². The minimum atomic E-state index is 0.0747. The summed E-state index contributed by atoms with van der Waals surface area (Å²) in [5, 5.41) is 13.9. The molecule has 0 spiro atoms. The number of hydrogen-bond acceptors (Lipinski definition) is 2. The molecule has 0 atom stereocenters. The van der Waals surface area contributed by atoms with Gasteiger partial charge < -0.3 is 5.11 Å². The molecule has 0 radical (unpaired) electrons. The molecule has 1 aromatic heterocycles. The fourth-order valence-electron chi connectivity index (χ4n) is 1.55. The predicted octanol–water partition coefficient (Wildman–Crippen LogP) is 2.80. The van der Waals surface area contributed by atoms with E-state index in [-0.39, 0.29) is 6.61 Å². The molecule has 0 saturated carbocycles. The molecule has 84 valence electrons. The summed E-state index contributed by atoms with van der Waals surface area (Å²) in [5.41, 5.74) is 2.01. The second-order valence-corrected chi connectivity index (χ2v) is 4.90. The van der Waals surface area contributed by atoms with Crippen molar-refractivity contribution < 1.29 is 5.11 Å². The SMILES string of the molecule is OCCn1ncc(I)c1-c1cccc(Cl)c1. The van der Waals surface area contributed by atoms with Crippen LogP contribution >= 0.6 is 34.2 Å². The summed E-state index contributed by atoms with van der Waals surface area (Å²) < 4.78 is 2.83. The monoisotopic (exact) mass is 348 g/mol. The number of benzene rings is 1. The van der Waals surface area contributed by atoms with Gasteiger partial charge in [0.25, 0.3) is 0 Å². The molecule has 3 nitrogen and oxygen atoms in total. The molecule has 0 fully saturated rings. The van der Waals surface area contributed by atoms with Gasteiger partial charge >= 0.3 is 0 Å². The van der Waals surface area contributed by atoms with Gasteiger partial charge in [0.2, 0.25) is 0 Å². The van der Waals surface area contributed by atoms with Gasteiger partial charge in [-0.15, -0.1) is 0 Å². The summed E-state index contributed by atoms with van der Waals surface area (Å²) in [5.74, 6) is 0. The van der Waals surface area contributed by atoms with Crippen molar-refractivity contribution >= 4 is 34.2 Å². The molecule has 0 unspecified atom stereocenters. The standard InChI is InChI=1S/C11H10ClIN2O/c12-9-3-1-2-8(6-9)11-10(13)7-14-15(11)4-5-16/h1-3,6-7,16H,4-5H2. The first kappa shape index (κ1) is 11.9. The zero-order valence-corrected chi connectivity index (χ0v) is 11.3. The lowest BCUT2D eigenvalue weighted by molar-refractivity contribution is 0.270. The molecule has 0 amide bonds. The summed E-state index contributed by atoms with van der Waals surface area (Å²) in [7, 11) is 0. The van der Waals surface area contributed by atoms with E-state index >= 15 is 0 Å². The molecule has 0 aliphatic heterocycles. The van der Waals surface area contributed by atoms with Gasteiger partial charge in [-0.1, -0.05) is 23.7 Å². The molecule has 5 heteroatoms. The van der Waals surface area contributed by atoms with Gasteiger partial charge in [0.15, 0.2) is 0 Å². The lowest BCUT2D eigenvalue weighted by Crippen LogP contribution is -2.05. The highest BCUT2D eigenvalue weighted by Crippen LogP contribution is 2.27. The number of aliphatic hydroxyl groups excluding tert-OH is 1. The van der Waals surface area contributed by atoms with Crippen molar-refractivity contribution in [3.05, 3.63) is 39.1 Å². The van der Waals surface area contributed by atoms with Crippen LogP contribution in [0.25, 0.3) is 11.3 Å². The maximum atomic E-state index is 8.97. The van der Waals surface area contributed by atoms with E-state index in [2.05, 4.69) is 27.7 Å². The summed E-state index contributed by atoms with van der Waals surface area (Å²) in [4.78, 5) is 0. The minimum Gasteiger partial charge on any atom is -0.394 e. The highest BCUT2D eigenvalue weighted by molar-refractivity contribution is 14.1. The number of hydrogen-bond donors (Lipinski definition) is 1. The summed E-state index contributed by atoms with van der Waals surface area (Å²) >= 11 is 8.19. The molecule has 1 N–H and O–H groups in total. The normalized spacial score (nSPS) is 10.7. The fraction of sp³-hybridized carbons (Fsp3) is 0.182. The van der Waals surface area contributed by atoms with Crippen LogP contribution in [0.1, 0.15) is 0 Å². The van der Waals surface area contributed by atoms with Crippen LogP contribution in [0, 0.1) is 3.57 Å². The van der Waals surface area contributed by atoms with Gasteiger partial charge in [-0.25, -0.2) is 0 Å². The third kappa shape index (κ3) is 2.39. The minimum absolute atomic E-state index is 0.0747. The number of nitrogens with zero attached hydrogens (tertiary/aromatic N) is 2. The number of rotatable bonds is 3. The van der Waals surface area contributed by atoms with E-state index in [9.17, 15) is 0 Å². The van der Waals surface area contributed by atoms with Gasteiger partial charge in [-0.05, 0) is 34.7 Å². The average molecular weight is 349 g/mol. The zero-order chi connectivity index (χ0) is 11.5. The summed E-state index contributed by atoms with van der Waals surface area (Å²) in [6.07, 6.45) is 1.78. The Bertz CT molecular complexity index is 498. The van der Waals surface area contributed by atoms with Crippen molar-refractivity contribution in [3.8, 4) is 11.3 Å². The second-order valence-electron chi connectivity index (χ2n) is 3.30. The van der Waals surface area contributed by atoms with Gasteiger partial charge in [-0.2, -0.15) is 5.10 Å². The van der Waals surface area contributed by atoms with E-state index in [1.165, 1.54) is 0 Å². The summed E-state index contributed by atoms with van der Waals surface area (Å²) in [6.45, 7) is 0.566. The van der Waals surface area contributed by atoms with Crippen molar-refractivity contribution in [2.45, 2.75) is 6.54 Å². The smallest absolute Gasteiger partial charge is 0.0817 e. The Morgan fingerprint density at radius 2 is 2.25 bits per heavy atom. The van der Waals surface area contributed by atoms with Crippen molar-refractivity contribution in [1.29, 1.82) is 0 Å². The number of aliphatic hydroxyl groups is 1. The third-order valence-corrected chi connectivity index (χ3v) is 3.23. The molecule has 0 saturated heterocycles. The lowest BCUT2D eigenvalue weighted by atomic mass is 10.1. The highest BCUT2D eigenvalue weighted by Gasteiger charge is 2.10. The fourth-order valence-corrected chi connectivity index (χ4v) is 2.45. The second kappa shape index (κ2) is 5.16. The predicted molar refractivity (Wildman–Crippen MR) is 72.5 cm³/mol. The first-order valence-corrected chi connectivity index (χ1v) is 6.26. The molecular formula is C11H10ClIN2O. The lowest BCUT2D eigenvalue weighted by Gasteiger charge is -2.07. The Morgan fingerprint density at radius 1 is 1.44 bits per heavy atom. The highest BCUT2D eigenvalue weighted by atomic mass is 127. The Kier molecular flexibility index (Phi) is 3.83. The Morgan fingerprint density at radius 3 is 2.94 bits per heavy atom. The summed E-state index contributed by atoms with van der Waals surface area (Å²) in [6, 6.07) is 7.63. The van der Waals surface area contributed by atoms with Crippen LogP contribution in [0.2, 0.25) is 5.02 Å². The first-order chi connectivity index (χ1) is 7.72. The van der Waals surface area contributed by atoms with E-state index in [0.29, 0.717) is 11.6 Å². The van der Waals surface area contributed by atoms with Crippen LogP contribution in [-0.2, 0) is 6.54 Å². The van der Waals surface area contributed by atoms with Gasteiger partial charge in [0, 0.05) is 10.6 Å². The largest absolute Gasteiger partial charge is 0.394 e. The van der Waals surface area contributed by atoms with Crippen LogP contribution in [0.5, 0.6) is 0 Å².